The van der Waals surface area contributed by atoms with Gasteiger partial charge in [-0.15, -0.1) is 0 Å². The standard InChI is InChI=1S/C30H40N6O7/c1-35(2)18-12-17(34-29(32)33-14-8-6-5-7-9-14)23(37)20-15(18)10-13-11-16-22(36(3)4)25(39)21(28(31)42)27(41)30(16,43)26(40)19(13)24(20)38/h12-14,16,19,21-22,37,43H,5-11H2,1-4H3,(H2,31,42)(H3,32,33,34)/t13-,16-,19?,21?,22-,30-/m1/s1. The number of amides is 1. The molecule has 43 heavy (non-hydrogen) atoms. The van der Waals surface area contributed by atoms with Gasteiger partial charge in [-0.3, -0.25) is 28.9 Å². The Morgan fingerprint density at radius 2 is 1.70 bits per heavy atom. The number of phenolic OH excluding ortho intramolecular Hbond substituents is 1. The Morgan fingerprint density at radius 1 is 1.05 bits per heavy atom. The van der Waals surface area contributed by atoms with Gasteiger partial charge in [0.05, 0.1) is 29.3 Å². The lowest BCUT2D eigenvalue weighted by Crippen LogP contribution is -2.74. The van der Waals surface area contributed by atoms with Crippen LogP contribution in [0.4, 0.5) is 11.4 Å². The Bertz CT molecular complexity index is 1430. The molecule has 1 aromatic carbocycles. The lowest BCUT2D eigenvalue weighted by molar-refractivity contribution is -0.181. The molecule has 0 saturated heterocycles. The third-order valence-electron chi connectivity index (χ3n) is 9.68. The van der Waals surface area contributed by atoms with Gasteiger partial charge in [-0.05, 0) is 57.3 Å². The van der Waals surface area contributed by atoms with Gasteiger partial charge < -0.3 is 31.9 Å². The number of nitrogens with two attached hydrogens (primary N) is 2. The molecule has 2 unspecified atom stereocenters. The highest BCUT2D eigenvalue weighted by molar-refractivity contribution is 6.32. The second kappa shape index (κ2) is 11.0. The van der Waals surface area contributed by atoms with Crippen molar-refractivity contribution in [2.45, 2.75) is 62.6 Å². The maximum atomic E-state index is 14.2. The fourth-order valence-corrected chi connectivity index (χ4v) is 7.72. The van der Waals surface area contributed by atoms with Crippen LogP contribution in [-0.4, -0.2) is 96.0 Å². The van der Waals surface area contributed by atoms with Crippen molar-refractivity contribution in [1.29, 1.82) is 0 Å². The van der Waals surface area contributed by atoms with Crippen LogP contribution in [0.3, 0.4) is 0 Å². The lowest BCUT2D eigenvalue weighted by Gasteiger charge is -2.52. The van der Waals surface area contributed by atoms with Crippen LogP contribution in [0.5, 0.6) is 5.75 Å². The molecule has 0 aliphatic heterocycles. The van der Waals surface area contributed by atoms with Crippen molar-refractivity contribution in [3.05, 3.63) is 17.2 Å². The number of likely N-dealkylation sites (N-methyl/N-ethyl adjacent to an activating group) is 1. The van der Waals surface area contributed by atoms with Crippen molar-refractivity contribution in [1.82, 2.24) is 4.90 Å². The molecule has 0 heterocycles. The smallest absolute Gasteiger partial charge is 0.235 e. The Labute approximate surface area is 249 Å². The van der Waals surface area contributed by atoms with Gasteiger partial charge >= 0.3 is 0 Å². The van der Waals surface area contributed by atoms with E-state index in [1.165, 1.54) is 4.90 Å². The number of guanidine groups is 1. The second-order valence-corrected chi connectivity index (χ2v) is 12.8. The number of hydrogen-bond acceptors (Lipinski definition) is 10. The number of benzene rings is 1. The third-order valence-corrected chi connectivity index (χ3v) is 9.68. The SMILES string of the molecule is CN(C)c1cc(NC(N)=NC2CCCCC2)c(O)c2c1C[C@@H]1C[C@@H]3[C@@H](N(C)C)C(=O)C(C(N)=O)C(=O)[C@]3(O)C(=O)C1C2=O. The quantitative estimate of drug-likeness (QED) is 0.132. The molecule has 5 rings (SSSR count). The number of nitrogens with one attached hydrogen (secondary N) is 1. The van der Waals surface area contributed by atoms with Crippen molar-refractivity contribution in [2.75, 3.05) is 38.4 Å². The van der Waals surface area contributed by atoms with Gasteiger partial charge in [0.25, 0.3) is 0 Å². The number of phenols is 1. The van der Waals surface area contributed by atoms with Crippen LogP contribution in [-0.2, 0) is 25.6 Å². The van der Waals surface area contributed by atoms with Gasteiger partial charge in [-0.25, -0.2) is 4.99 Å². The molecule has 232 valence electrons. The lowest BCUT2D eigenvalue weighted by atomic mass is 9.52. The van der Waals surface area contributed by atoms with Crippen molar-refractivity contribution < 1.29 is 34.2 Å². The van der Waals surface area contributed by atoms with Gasteiger partial charge in [0, 0.05) is 25.7 Å². The minimum atomic E-state index is -2.77. The first-order valence-corrected chi connectivity index (χ1v) is 14.7. The minimum Gasteiger partial charge on any atom is -0.505 e. The molecule has 3 saturated carbocycles. The summed E-state index contributed by atoms with van der Waals surface area (Å²) >= 11 is 0. The molecule has 1 aromatic rings. The normalized spacial score (nSPS) is 31.4. The van der Waals surface area contributed by atoms with Gasteiger partial charge in [-0.1, -0.05) is 19.3 Å². The average molecular weight is 597 g/mol. The zero-order chi connectivity index (χ0) is 31.5. The predicted octanol–water partition coefficient (Wildman–Crippen LogP) is -0.00770. The first-order chi connectivity index (χ1) is 20.2. The first-order valence-electron chi connectivity index (χ1n) is 14.7. The van der Waals surface area contributed by atoms with Crippen LogP contribution in [0, 0.1) is 23.7 Å². The zero-order valence-electron chi connectivity index (χ0n) is 24.9. The Balaban J connectivity index is 1.58. The summed E-state index contributed by atoms with van der Waals surface area (Å²) in [7, 11) is 6.66. The van der Waals surface area contributed by atoms with Crippen molar-refractivity contribution in [3.63, 3.8) is 0 Å². The number of aliphatic hydroxyl groups is 1. The molecule has 13 nitrogen and oxygen atoms in total. The van der Waals surface area contributed by atoms with E-state index in [2.05, 4.69) is 10.3 Å². The number of rotatable bonds is 5. The molecular weight excluding hydrogens is 556 g/mol. The van der Waals surface area contributed by atoms with E-state index in [1.807, 2.05) is 0 Å². The second-order valence-electron chi connectivity index (χ2n) is 12.8. The van der Waals surface area contributed by atoms with E-state index >= 15 is 0 Å². The summed E-state index contributed by atoms with van der Waals surface area (Å²) in [6.45, 7) is 0. The van der Waals surface area contributed by atoms with Crippen LogP contribution in [0.1, 0.15) is 54.4 Å². The zero-order valence-corrected chi connectivity index (χ0v) is 24.9. The molecule has 4 aliphatic rings. The van der Waals surface area contributed by atoms with Gasteiger partial charge in [-0.2, -0.15) is 0 Å². The molecular formula is C30H40N6O7. The fraction of sp³-hybridized carbons (Fsp3) is 0.600. The van der Waals surface area contributed by atoms with Crippen LogP contribution in [0.25, 0.3) is 0 Å². The number of aliphatic imine (C=N–C) groups is 1. The number of primary amides is 1. The Morgan fingerprint density at radius 3 is 2.28 bits per heavy atom. The Hall–Kier alpha value is -3.84. The number of anilines is 2. The number of carbonyl (C=O) groups is 5. The molecule has 0 radical (unpaired) electrons. The molecule has 4 aliphatic carbocycles. The highest BCUT2D eigenvalue weighted by Crippen LogP contribution is 2.52. The number of ketones is 4. The first kappa shape index (κ1) is 30.6. The van der Waals surface area contributed by atoms with Crippen LogP contribution >= 0.6 is 0 Å². The number of hydrogen-bond donors (Lipinski definition) is 5. The van der Waals surface area contributed by atoms with E-state index in [9.17, 15) is 34.2 Å². The monoisotopic (exact) mass is 596 g/mol. The van der Waals surface area contributed by atoms with E-state index in [-0.39, 0.29) is 36.1 Å². The molecule has 1 amide bonds. The molecule has 0 spiro atoms. The van der Waals surface area contributed by atoms with Crippen LogP contribution < -0.4 is 21.7 Å². The molecule has 13 heteroatoms. The highest BCUT2D eigenvalue weighted by Gasteiger charge is 2.69. The summed E-state index contributed by atoms with van der Waals surface area (Å²) in [5, 5.41) is 26.1. The van der Waals surface area contributed by atoms with Crippen LogP contribution in [0.15, 0.2) is 11.1 Å². The summed E-state index contributed by atoms with van der Waals surface area (Å²) < 4.78 is 0. The largest absolute Gasteiger partial charge is 0.505 e. The minimum absolute atomic E-state index is 0.0154. The number of nitrogens with zero attached hydrogens (tertiary/aromatic N) is 3. The van der Waals surface area contributed by atoms with Gasteiger partial charge in [0.1, 0.15) is 5.75 Å². The maximum absolute atomic E-state index is 14.2. The fourth-order valence-electron chi connectivity index (χ4n) is 7.72. The summed E-state index contributed by atoms with van der Waals surface area (Å²) in [5.74, 6) is -10.9. The van der Waals surface area contributed by atoms with Gasteiger partial charge in [0.2, 0.25) is 5.91 Å². The molecule has 0 aromatic heterocycles. The number of fused-ring (bicyclic) bond motifs is 3. The highest BCUT2D eigenvalue weighted by atomic mass is 16.3. The third kappa shape index (κ3) is 4.78. The van der Waals surface area contributed by atoms with E-state index in [1.54, 1.807) is 39.2 Å². The van der Waals surface area contributed by atoms with Crippen molar-refractivity contribution in [2.24, 2.45) is 40.1 Å². The predicted molar refractivity (Wildman–Crippen MR) is 158 cm³/mol. The summed E-state index contributed by atoms with van der Waals surface area (Å²) in [6.07, 6.45) is 5.23. The topological polar surface area (TPSA) is 209 Å². The summed E-state index contributed by atoms with van der Waals surface area (Å²) in [4.78, 5) is 74.9. The molecule has 3 fully saturated rings. The van der Waals surface area contributed by atoms with Crippen LogP contribution in [0.2, 0.25) is 0 Å². The number of carbonyl (C=O) groups excluding carboxylic acids is 5. The average Bonchev–Trinajstić information content (AvgIpc) is 2.92. The van der Waals surface area contributed by atoms with E-state index in [0.717, 1.165) is 32.1 Å². The summed E-state index contributed by atoms with van der Waals surface area (Å²) in [6, 6.07) is 0.571. The van der Waals surface area contributed by atoms with E-state index in [4.69, 9.17) is 11.5 Å². The number of Topliss-reactive ketones (excluding diaryl/α,β-unsaturated/α-hetero) is 4. The number of aromatic hydroxyl groups is 1. The van der Waals surface area contributed by atoms with E-state index in [0.29, 0.717) is 11.3 Å². The van der Waals surface area contributed by atoms with Crippen molar-refractivity contribution >= 4 is 46.4 Å². The van der Waals surface area contributed by atoms with Gasteiger partial charge in [0.15, 0.2) is 40.6 Å². The Kier molecular flexibility index (Phi) is 7.84. The molecule has 6 atom stereocenters. The molecule has 7 N–H and O–H groups in total. The summed E-state index contributed by atoms with van der Waals surface area (Å²) in [5.41, 5.74) is 9.95. The maximum Gasteiger partial charge on any atom is 0.235 e. The molecule has 0 bridgehead atoms. The van der Waals surface area contributed by atoms with Crippen molar-refractivity contribution in [3.8, 4) is 5.75 Å². The van der Waals surface area contributed by atoms with E-state index < -0.39 is 70.1 Å².